The van der Waals surface area contributed by atoms with Crippen molar-refractivity contribution >= 4 is 11.6 Å². The van der Waals surface area contributed by atoms with Gasteiger partial charge in [0.25, 0.3) is 0 Å². The fraction of sp³-hybridized carbons (Fsp3) is 0.533. The first kappa shape index (κ1) is 11.7. The van der Waals surface area contributed by atoms with Crippen LogP contribution in [0, 0.1) is 6.92 Å². The molecule has 0 N–H and O–H groups in total. The molecular weight excluding hydrogens is 224 g/mol. The highest BCUT2D eigenvalue weighted by atomic mass is 16.2. The zero-order chi connectivity index (χ0) is 12.5. The van der Waals surface area contributed by atoms with Crippen molar-refractivity contribution in [2.45, 2.75) is 32.2 Å². The molecule has 0 aliphatic carbocycles. The van der Waals surface area contributed by atoms with Crippen molar-refractivity contribution < 1.29 is 4.79 Å². The normalized spacial score (nSPS) is 25.1. The molecule has 2 saturated heterocycles. The van der Waals surface area contributed by atoms with Gasteiger partial charge in [0.2, 0.25) is 5.91 Å². The fourth-order valence-electron chi connectivity index (χ4n) is 3.04. The second-order valence-corrected chi connectivity index (χ2v) is 5.37. The van der Waals surface area contributed by atoms with Crippen LogP contribution in [0.15, 0.2) is 24.3 Å². The smallest absolute Gasteiger partial charge is 0.244 e. The minimum absolute atomic E-state index is 0.133. The van der Waals surface area contributed by atoms with Gasteiger partial charge >= 0.3 is 0 Å². The van der Waals surface area contributed by atoms with E-state index in [1.54, 1.807) is 0 Å². The quantitative estimate of drug-likeness (QED) is 0.796. The van der Waals surface area contributed by atoms with Gasteiger partial charge in [-0.1, -0.05) is 17.7 Å². The Kier molecular flexibility index (Phi) is 3.08. The molecule has 1 aromatic rings. The Bertz CT molecular complexity index is 434. The van der Waals surface area contributed by atoms with Crippen molar-refractivity contribution in [2.24, 2.45) is 0 Å². The number of anilines is 1. The highest BCUT2D eigenvalue weighted by Crippen LogP contribution is 2.26. The maximum absolute atomic E-state index is 12.5. The SMILES string of the molecule is Cc1ccc(N2CCC(N3CCCC3)C2=O)cc1. The Labute approximate surface area is 108 Å². The van der Waals surface area contributed by atoms with Crippen LogP contribution in [-0.4, -0.2) is 36.5 Å². The monoisotopic (exact) mass is 244 g/mol. The highest BCUT2D eigenvalue weighted by Gasteiger charge is 2.37. The van der Waals surface area contributed by atoms with E-state index in [0.29, 0.717) is 5.91 Å². The minimum Gasteiger partial charge on any atom is -0.311 e. The van der Waals surface area contributed by atoms with Crippen LogP contribution in [0.3, 0.4) is 0 Å². The van der Waals surface area contributed by atoms with Gasteiger partial charge in [-0.05, 0) is 51.4 Å². The van der Waals surface area contributed by atoms with E-state index in [1.165, 1.54) is 18.4 Å². The van der Waals surface area contributed by atoms with E-state index in [0.717, 1.165) is 31.7 Å². The molecule has 2 fully saturated rings. The van der Waals surface area contributed by atoms with Crippen LogP contribution < -0.4 is 4.90 Å². The maximum atomic E-state index is 12.5. The summed E-state index contributed by atoms with van der Waals surface area (Å²) in [5.41, 5.74) is 2.29. The second kappa shape index (κ2) is 4.73. The number of likely N-dealkylation sites (tertiary alicyclic amines) is 1. The van der Waals surface area contributed by atoms with Gasteiger partial charge in [-0.15, -0.1) is 0 Å². The number of aryl methyl sites for hydroxylation is 1. The molecule has 3 heteroatoms. The number of nitrogens with zero attached hydrogens (tertiary/aromatic N) is 2. The molecular formula is C15H20N2O. The van der Waals surface area contributed by atoms with E-state index in [1.807, 2.05) is 4.90 Å². The molecule has 0 aromatic heterocycles. The molecule has 18 heavy (non-hydrogen) atoms. The molecule has 3 rings (SSSR count). The van der Waals surface area contributed by atoms with Crippen LogP contribution in [0.1, 0.15) is 24.8 Å². The van der Waals surface area contributed by atoms with Gasteiger partial charge in [-0.25, -0.2) is 0 Å². The molecule has 2 heterocycles. The fourth-order valence-corrected chi connectivity index (χ4v) is 3.04. The molecule has 1 amide bonds. The summed E-state index contributed by atoms with van der Waals surface area (Å²) in [5, 5.41) is 0. The average Bonchev–Trinajstić information content (AvgIpc) is 2.99. The summed E-state index contributed by atoms with van der Waals surface area (Å²) < 4.78 is 0. The maximum Gasteiger partial charge on any atom is 0.244 e. The molecule has 2 aliphatic rings. The third-order valence-corrected chi connectivity index (χ3v) is 4.10. The lowest BCUT2D eigenvalue weighted by Crippen LogP contribution is -2.40. The number of benzene rings is 1. The first-order valence-electron chi connectivity index (χ1n) is 6.88. The van der Waals surface area contributed by atoms with Gasteiger partial charge in [-0.3, -0.25) is 9.69 Å². The van der Waals surface area contributed by atoms with Crippen molar-refractivity contribution in [1.82, 2.24) is 4.90 Å². The number of carbonyl (C=O) groups excluding carboxylic acids is 1. The van der Waals surface area contributed by atoms with Crippen molar-refractivity contribution in [3.05, 3.63) is 29.8 Å². The van der Waals surface area contributed by atoms with Crippen molar-refractivity contribution in [1.29, 1.82) is 0 Å². The van der Waals surface area contributed by atoms with Crippen LogP contribution in [0.2, 0.25) is 0 Å². The number of carbonyl (C=O) groups is 1. The van der Waals surface area contributed by atoms with Crippen molar-refractivity contribution in [3.63, 3.8) is 0 Å². The molecule has 0 saturated carbocycles. The molecule has 2 aliphatic heterocycles. The van der Waals surface area contributed by atoms with E-state index in [2.05, 4.69) is 36.1 Å². The van der Waals surface area contributed by atoms with Gasteiger partial charge in [0.15, 0.2) is 0 Å². The van der Waals surface area contributed by atoms with E-state index >= 15 is 0 Å². The number of amides is 1. The summed E-state index contributed by atoms with van der Waals surface area (Å²) in [6.45, 7) is 5.13. The zero-order valence-electron chi connectivity index (χ0n) is 10.9. The summed E-state index contributed by atoms with van der Waals surface area (Å²) in [7, 11) is 0. The Morgan fingerprint density at radius 2 is 1.72 bits per heavy atom. The molecule has 0 radical (unpaired) electrons. The van der Waals surface area contributed by atoms with Crippen molar-refractivity contribution in [2.75, 3.05) is 24.5 Å². The van der Waals surface area contributed by atoms with Gasteiger partial charge < -0.3 is 4.90 Å². The van der Waals surface area contributed by atoms with Crippen LogP contribution in [-0.2, 0) is 4.79 Å². The second-order valence-electron chi connectivity index (χ2n) is 5.37. The lowest BCUT2D eigenvalue weighted by molar-refractivity contribution is -0.121. The third kappa shape index (κ3) is 2.03. The van der Waals surface area contributed by atoms with E-state index in [-0.39, 0.29) is 6.04 Å². The number of rotatable bonds is 2. The number of hydrogen-bond acceptors (Lipinski definition) is 2. The summed E-state index contributed by atoms with van der Waals surface area (Å²) in [6.07, 6.45) is 3.47. The van der Waals surface area contributed by atoms with E-state index in [9.17, 15) is 4.79 Å². The zero-order valence-corrected chi connectivity index (χ0v) is 10.9. The third-order valence-electron chi connectivity index (χ3n) is 4.10. The predicted molar refractivity (Wildman–Crippen MR) is 72.7 cm³/mol. The average molecular weight is 244 g/mol. The lowest BCUT2D eigenvalue weighted by Gasteiger charge is -2.22. The van der Waals surface area contributed by atoms with Gasteiger partial charge in [0.1, 0.15) is 0 Å². The Balaban J connectivity index is 1.75. The topological polar surface area (TPSA) is 23.6 Å². The molecule has 3 nitrogen and oxygen atoms in total. The summed E-state index contributed by atoms with van der Waals surface area (Å²) in [4.78, 5) is 16.8. The van der Waals surface area contributed by atoms with Gasteiger partial charge in [0.05, 0.1) is 6.04 Å². The van der Waals surface area contributed by atoms with Crippen LogP contribution in [0.4, 0.5) is 5.69 Å². The summed E-state index contributed by atoms with van der Waals surface area (Å²) in [5.74, 6) is 0.292. The Hall–Kier alpha value is -1.35. The number of hydrogen-bond donors (Lipinski definition) is 0. The van der Waals surface area contributed by atoms with Crippen molar-refractivity contribution in [3.8, 4) is 0 Å². The summed E-state index contributed by atoms with van der Waals surface area (Å²) in [6, 6.07) is 8.39. The van der Waals surface area contributed by atoms with Gasteiger partial charge in [0, 0.05) is 12.2 Å². The van der Waals surface area contributed by atoms with E-state index < -0.39 is 0 Å². The Morgan fingerprint density at radius 3 is 2.39 bits per heavy atom. The lowest BCUT2D eigenvalue weighted by atomic mass is 10.2. The van der Waals surface area contributed by atoms with Crippen LogP contribution >= 0.6 is 0 Å². The first-order valence-corrected chi connectivity index (χ1v) is 6.88. The highest BCUT2D eigenvalue weighted by molar-refractivity contribution is 5.99. The van der Waals surface area contributed by atoms with Gasteiger partial charge in [-0.2, -0.15) is 0 Å². The standard InChI is InChI=1S/C15H20N2O/c1-12-4-6-13(7-5-12)17-11-8-14(15(17)18)16-9-2-3-10-16/h4-7,14H,2-3,8-11H2,1H3. The molecule has 1 aromatic carbocycles. The largest absolute Gasteiger partial charge is 0.311 e. The van der Waals surface area contributed by atoms with Crippen LogP contribution in [0.5, 0.6) is 0 Å². The molecule has 1 atom stereocenters. The minimum atomic E-state index is 0.133. The molecule has 1 unspecified atom stereocenters. The summed E-state index contributed by atoms with van der Waals surface area (Å²) >= 11 is 0. The molecule has 0 bridgehead atoms. The molecule has 96 valence electrons. The predicted octanol–water partition coefficient (Wildman–Crippen LogP) is 2.20. The van der Waals surface area contributed by atoms with E-state index in [4.69, 9.17) is 0 Å². The first-order chi connectivity index (χ1) is 8.75. The van der Waals surface area contributed by atoms with Crippen LogP contribution in [0.25, 0.3) is 0 Å². The molecule has 0 spiro atoms. The Morgan fingerprint density at radius 1 is 1.06 bits per heavy atom.